The third kappa shape index (κ3) is 5.87. The number of carbonyl (C=O) groups excluding carboxylic acids is 1. The first-order valence-corrected chi connectivity index (χ1v) is 13.3. The van der Waals surface area contributed by atoms with E-state index in [1.54, 1.807) is 0 Å². The topological polar surface area (TPSA) is 32.8 Å². The third-order valence-corrected chi connectivity index (χ3v) is 8.51. The summed E-state index contributed by atoms with van der Waals surface area (Å²) in [6, 6.07) is 10.5. The van der Waals surface area contributed by atoms with E-state index >= 15 is 0 Å². The highest BCUT2D eigenvalue weighted by atomic mass is 16.5. The highest BCUT2D eigenvalue weighted by Gasteiger charge is 2.46. The molecule has 4 atom stereocenters. The van der Waals surface area contributed by atoms with Gasteiger partial charge in [0.1, 0.15) is 0 Å². The standard InChI is InChI=1S/C28H44N2O2/c1-29-19-11-9-7-5-3-4-6-8-10-12-28(31)32-21-26-25(22-13-15-23(29)16-14-22)20-24-17-18-27(26)30(24)2/h13-16,24-27H,3-12,17-21H2,1-2H3/t24-,25+,26-,27+/m0/s1. The normalized spacial score (nSPS) is 31.6. The molecule has 2 saturated heterocycles. The molecule has 0 spiro atoms. The zero-order valence-electron chi connectivity index (χ0n) is 20.4. The van der Waals surface area contributed by atoms with Crippen LogP contribution >= 0.6 is 0 Å². The summed E-state index contributed by atoms with van der Waals surface area (Å²) < 4.78 is 5.89. The minimum atomic E-state index is 0.00869. The summed E-state index contributed by atoms with van der Waals surface area (Å²) in [6.07, 6.45) is 15.6. The van der Waals surface area contributed by atoms with Crippen LogP contribution in [0, 0.1) is 5.92 Å². The number of ether oxygens (including phenoxy) is 1. The number of carbonyl (C=O) groups is 1. The molecule has 4 heteroatoms. The average molecular weight is 441 g/mol. The van der Waals surface area contributed by atoms with E-state index in [4.69, 9.17) is 4.74 Å². The number of anilines is 1. The van der Waals surface area contributed by atoms with Gasteiger partial charge >= 0.3 is 5.97 Å². The van der Waals surface area contributed by atoms with E-state index < -0.39 is 0 Å². The predicted octanol–water partition coefficient (Wildman–Crippen LogP) is 6.15. The van der Waals surface area contributed by atoms with Gasteiger partial charge < -0.3 is 14.5 Å². The zero-order chi connectivity index (χ0) is 22.3. The minimum Gasteiger partial charge on any atom is -0.465 e. The summed E-state index contributed by atoms with van der Waals surface area (Å²) in [7, 11) is 4.50. The number of esters is 1. The molecule has 0 unspecified atom stereocenters. The van der Waals surface area contributed by atoms with Crippen LogP contribution in [0.2, 0.25) is 0 Å². The molecule has 4 heterocycles. The lowest BCUT2D eigenvalue weighted by Gasteiger charge is -2.43. The van der Waals surface area contributed by atoms with E-state index in [0.717, 1.165) is 19.4 Å². The fourth-order valence-corrected chi connectivity index (χ4v) is 6.41. The molecule has 32 heavy (non-hydrogen) atoms. The number of hydrogen-bond acceptors (Lipinski definition) is 4. The number of benzene rings is 1. The van der Waals surface area contributed by atoms with Crippen LogP contribution in [0.25, 0.3) is 0 Å². The van der Waals surface area contributed by atoms with E-state index in [2.05, 4.69) is 48.2 Å². The van der Waals surface area contributed by atoms with Gasteiger partial charge in [-0.25, -0.2) is 0 Å². The molecule has 5 rings (SSSR count). The molecule has 1 aromatic carbocycles. The van der Waals surface area contributed by atoms with Gasteiger partial charge in [-0.2, -0.15) is 0 Å². The Morgan fingerprint density at radius 3 is 2.22 bits per heavy atom. The molecule has 4 nitrogen and oxygen atoms in total. The van der Waals surface area contributed by atoms with E-state index in [0.29, 0.717) is 36.9 Å². The fourth-order valence-electron chi connectivity index (χ4n) is 6.41. The van der Waals surface area contributed by atoms with Crippen LogP contribution in [0.5, 0.6) is 0 Å². The van der Waals surface area contributed by atoms with Crippen LogP contribution in [0.3, 0.4) is 0 Å². The van der Waals surface area contributed by atoms with Crippen LogP contribution in [0.15, 0.2) is 24.3 Å². The van der Waals surface area contributed by atoms with Gasteiger partial charge in [-0.15, -0.1) is 0 Å². The van der Waals surface area contributed by atoms with Gasteiger partial charge in [-0.05, 0) is 62.8 Å². The fraction of sp³-hybridized carbons (Fsp3) is 0.750. The Labute approximate surface area is 195 Å². The largest absolute Gasteiger partial charge is 0.465 e. The highest BCUT2D eigenvalue weighted by Crippen LogP contribution is 2.46. The Kier molecular flexibility index (Phi) is 8.51. The van der Waals surface area contributed by atoms with Gasteiger partial charge in [0, 0.05) is 43.7 Å². The molecule has 4 aliphatic rings. The highest BCUT2D eigenvalue weighted by molar-refractivity contribution is 5.69. The molecule has 0 N–H and O–H groups in total. The molecule has 1 aromatic rings. The molecule has 0 radical (unpaired) electrons. The Balaban J connectivity index is 1.47. The van der Waals surface area contributed by atoms with Crippen molar-refractivity contribution in [3.05, 3.63) is 29.8 Å². The Bertz CT molecular complexity index is 719. The average Bonchev–Trinajstić information content (AvgIpc) is 3.04. The zero-order valence-corrected chi connectivity index (χ0v) is 20.4. The lowest BCUT2D eigenvalue weighted by Crippen LogP contribution is -2.47. The van der Waals surface area contributed by atoms with Crippen LogP contribution in [0.4, 0.5) is 5.69 Å². The number of nitrogens with zero attached hydrogens (tertiary/aromatic N) is 2. The monoisotopic (exact) mass is 440 g/mol. The molecule has 0 aromatic heterocycles. The molecule has 2 fully saturated rings. The second-order valence-corrected chi connectivity index (χ2v) is 10.6. The first-order valence-electron chi connectivity index (χ1n) is 13.3. The summed E-state index contributed by atoms with van der Waals surface area (Å²) in [6.45, 7) is 1.71. The van der Waals surface area contributed by atoms with Crippen molar-refractivity contribution < 1.29 is 9.53 Å². The first-order chi connectivity index (χ1) is 15.6. The van der Waals surface area contributed by atoms with Gasteiger partial charge in [0.25, 0.3) is 0 Å². The van der Waals surface area contributed by atoms with Crippen LogP contribution in [-0.4, -0.2) is 50.2 Å². The van der Waals surface area contributed by atoms with Gasteiger partial charge in [-0.1, -0.05) is 57.1 Å². The minimum absolute atomic E-state index is 0.00869. The maximum atomic E-state index is 12.5. The van der Waals surface area contributed by atoms with Crippen molar-refractivity contribution in [2.45, 2.75) is 101 Å². The van der Waals surface area contributed by atoms with Crippen molar-refractivity contribution in [2.75, 3.05) is 32.1 Å². The van der Waals surface area contributed by atoms with Crippen molar-refractivity contribution in [3.63, 3.8) is 0 Å². The summed E-state index contributed by atoms with van der Waals surface area (Å²) in [5, 5.41) is 0. The van der Waals surface area contributed by atoms with Crippen LogP contribution in [0.1, 0.15) is 95.0 Å². The Morgan fingerprint density at radius 1 is 0.844 bits per heavy atom. The maximum absolute atomic E-state index is 12.5. The van der Waals surface area contributed by atoms with E-state index in [1.165, 1.54) is 75.5 Å². The second kappa shape index (κ2) is 11.5. The SMILES string of the molecule is CN1CCCCCCCCCCCC(=O)OC[C@H]2[C@H](C[C@@H]3CC[C@H]2N3C)c2ccc1cc2. The second-order valence-electron chi connectivity index (χ2n) is 10.6. The Hall–Kier alpha value is -1.55. The molecule has 4 aliphatic heterocycles. The van der Waals surface area contributed by atoms with E-state index in [-0.39, 0.29) is 5.97 Å². The van der Waals surface area contributed by atoms with Crippen molar-refractivity contribution >= 4 is 11.7 Å². The molecule has 0 aliphatic carbocycles. The summed E-state index contributed by atoms with van der Waals surface area (Å²) in [5.41, 5.74) is 2.75. The molecule has 4 bridgehead atoms. The first kappa shape index (κ1) is 23.6. The summed E-state index contributed by atoms with van der Waals surface area (Å²) in [5.74, 6) is 0.903. The smallest absolute Gasteiger partial charge is 0.305 e. The predicted molar refractivity (Wildman–Crippen MR) is 132 cm³/mol. The lowest BCUT2D eigenvalue weighted by atomic mass is 9.76. The van der Waals surface area contributed by atoms with Gasteiger partial charge in [0.15, 0.2) is 0 Å². The molecular weight excluding hydrogens is 396 g/mol. The van der Waals surface area contributed by atoms with Crippen molar-refractivity contribution in [1.82, 2.24) is 4.90 Å². The lowest BCUT2D eigenvalue weighted by molar-refractivity contribution is -0.146. The van der Waals surface area contributed by atoms with E-state index in [9.17, 15) is 4.79 Å². The molecular formula is C28H44N2O2. The molecule has 0 saturated carbocycles. The van der Waals surface area contributed by atoms with Crippen LogP contribution in [-0.2, 0) is 9.53 Å². The van der Waals surface area contributed by atoms with Crippen LogP contribution < -0.4 is 4.90 Å². The summed E-state index contributed by atoms with van der Waals surface area (Å²) in [4.78, 5) is 17.4. The maximum Gasteiger partial charge on any atom is 0.305 e. The third-order valence-electron chi connectivity index (χ3n) is 8.51. The Morgan fingerprint density at radius 2 is 1.50 bits per heavy atom. The van der Waals surface area contributed by atoms with Crippen molar-refractivity contribution in [3.8, 4) is 0 Å². The molecule has 0 amide bonds. The summed E-state index contributed by atoms with van der Waals surface area (Å²) >= 11 is 0. The van der Waals surface area contributed by atoms with Crippen molar-refractivity contribution in [2.24, 2.45) is 5.92 Å². The molecule has 178 valence electrons. The quantitative estimate of drug-likeness (QED) is 0.453. The number of fused-ring (bicyclic) bond motifs is 18. The van der Waals surface area contributed by atoms with Gasteiger partial charge in [0.05, 0.1) is 6.61 Å². The number of piperidine rings is 1. The van der Waals surface area contributed by atoms with E-state index in [1.807, 2.05) is 0 Å². The van der Waals surface area contributed by atoms with Gasteiger partial charge in [0.2, 0.25) is 0 Å². The number of rotatable bonds is 0. The van der Waals surface area contributed by atoms with Crippen molar-refractivity contribution in [1.29, 1.82) is 0 Å². The number of hydrogen-bond donors (Lipinski definition) is 0. The van der Waals surface area contributed by atoms with Gasteiger partial charge in [-0.3, -0.25) is 4.79 Å².